The van der Waals surface area contributed by atoms with Crippen molar-refractivity contribution in [3.8, 4) is 5.75 Å². The summed E-state index contributed by atoms with van der Waals surface area (Å²) in [5.74, 6) is -0.305. The summed E-state index contributed by atoms with van der Waals surface area (Å²) in [4.78, 5) is 11.8. The minimum atomic E-state index is -3.07. The number of halogens is 1. The summed E-state index contributed by atoms with van der Waals surface area (Å²) < 4.78 is 28.7. The van der Waals surface area contributed by atoms with Crippen molar-refractivity contribution in [1.29, 1.82) is 0 Å². The lowest BCUT2D eigenvalue weighted by Gasteiger charge is -2.06. The van der Waals surface area contributed by atoms with Gasteiger partial charge >= 0.3 is 0 Å². The van der Waals surface area contributed by atoms with Gasteiger partial charge < -0.3 is 4.74 Å². The largest absolute Gasteiger partial charge is 0.496 e. The molecule has 1 unspecified atom stereocenters. The molecule has 0 aliphatic carbocycles. The number of sulfone groups is 1. The van der Waals surface area contributed by atoms with Crippen LogP contribution in [0.15, 0.2) is 27.8 Å². The predicted molar refractivity (Wildman–Crippen MR) is 83.2 cm³/mol. The average Bonchev–Trinajstić information content (AvgIpc) is 2.79. The molecule has 0 saturated carbocycles. The fraction of sp³-hybridized carbons (Fsp3) is 0.385. The third-order valence-electron chi connectivity index (χ3n) is 3.17. The summed E-state index contributed by atoms with van der Waals surface area (Å²) in [6, 6.07) is 5.41. The van der Waals surface area contributed by atoms with Crippen LogP contribution < -0.4 is 10.2 Å². The lowest BCUT2D eigenvalue weighted by molar-refractivity contribution is -0.124. The molecule has 1 aliphatic rings. The van der Waals surface area contributed by atoms with Gasteiger partial charge in [0.15, 0.2) is 9.84 Å². The number of nitrogens with one attached hydrogen (secondary N) is 1. The van der Waals surface area contributed by atoms with Gasteiger partial charge in [0.25, 0.3) is 0 Å². The molecule has 1 amide bonds. The second-order valence-corrected chi connectivity index (χ2v) is 7.86. The van der Waals surface area contributed by atoms with E-state index in [2.05, 4.69) is 26.5 Å². The summed E-state index contributed by atoms with van der Waals surface area (Å²) in [6.07, 6.45) is 1.81. The van der Waals surface area contributed by atoms with Gasteiger partial charge in [-0.3, -0.25) is 4.79 Å². The summed E-state index contributed by atoms with van der Waals surface area (Å²) in [6.45, 7) is 0. The lowest BCUT2D eigenvalue weighted by Crippen LogP contribution is -2.27. The molecule has 0 spiro atoms. The maximum atomic E-state index is 11.8. The zero-order valence-electron chi connectivity index (χ0n) is 11.4. The molecule has 1 aromatic rings. The van der Waals surface area contributed by atoms with Crippen molar-refractivity contribution in [3.63, 3.8) is 0 Å². The van der Waals surface area contributed by atoms with Crippen molar-refractivity contribution < 1.29 is 17.9 Å². The Morgan fingerprint density at radius 2 is 2.29 bits per heavy atom. The molecule has 1 N–H and O–H groups in total. The van der Waals surface area contributed by atoms with Gasteiger partial charge in [-0.1, -0.05) is 15.9 Å². The zero-order valence-corrected chi connectivity index (χ0v) is 13.8. The zero-order chi connectivity index (χ0) is 15.5. The highest BCUT2D eigenvalue weighted by atomic mass is 79.9. The predicted octanol–water partition coefficient (Wildman–Crippen LogP) is 1.34. The Morgan fingerprint density at radius 1 is 1.52 bits per heavy atom. The number of benzene rings is 1. The van der Waals surface area contributed by atoms with E-state index in [-0.39, 0.29) is 17.4 Å². The van der Waals surface area contributed by atoms with E-state index in [1.807, 2.05) is 6.07 Å². The van der Waals surface area contributed by atoms with E-state index in [0.29, 0.717) is 17.7 Å². The summed E-state index contributed by atoms with van der Waals surface area (Å²) in [7, 11) is -1.53. The van der Waals surface area contributed by atoms with Crippen LogP contribution in [-0.2, 0) is 14.6 Å². The number of carbonyl (C=O) groups excluding carboxylic acids is 1. The summed E-state index contributed by atoms with van der Waals surface area (Å²) >= 11 is 3.34. The van der Waals surface area contributed by atoms with Crippen molar-refractivity contribution in [2.24, 2.45) is 11.0 Å². The van der Waals surface area contributed by atoms with Crippen LogP contribution in [0.2, 0.25) is 0 Å². The standard InChI is InChI=1S/C13H15BrN2O4S/c1-20-12-3-2-11(14)6-10(12)7-15-16-13(17)9-4-5-21(18,19)8-9/h2-3,6-7,9H,4-5,8H2,1H3,(H,16,17)/b15-7+. The van der Waals surface area contributed by atoms with Crippen molar-refractivity contribution in [2.45, 2.75) is 6.42 Å². The molecule has 1 saturated heterocycles. The van der Waals surface area contributed by atoms with Gasteiger partial charge in [-0.2, -0.15) is 5.10 Å². The van der Waals surface area contributed by atoms with Crippen LogP contribution in [0.4, 0.5) is 0 Å². The number of carbonyl (C=O) groups is 1. The highest BCUT2D eigenvalue weighted by molar-refractivity contribution is 9.10. The Kier molecular flexibility index (Phi) is 5.00. The molecule has 1 aromatic carbocycles. The Bertz CT molecular complexity index is 673. The SMILES string of the molecule is COc1ccc(Br)cc1/C=N/NC(=O)C1CCS(=O)(=O)C1. The number of nitrogens with zero attached hydrogens (tertiary/aromatic N) is 1. The van der Waals surface area contributed by atoms with Crippen LogP contribution in [0, 0.1) is 5.92 Å². The van der Waals surface area contributed by atoms with Crippen LogP contribution in [0.1, 0.15) is 12.0 Å². The van der Waals surface area contributed by atoms with Gasteiger partial charge in [0.05, 0.1) is 30.7 Å². The quantitative estimate of drug-likeness (QED) is 0.636. The number of rotatable bonds is 4. The first-order valence-electron chi connectivity index (χ1n) is 6.28. The van der Waals surface area contributed by atoms with Gasteiger partial charge in [-0.05, 0) is 24.6 Å². The smallest absolute Gasteiger partial charge is 0.244 e. The second kappa shape index (κ2) is 6.57. The van der Waals surface area contributed by atoms with E-state index in [0.717, 1.165) is 4.47 Å². The Morgan fingerprint density at radius 3 is 2.90 bits per heavy atom. The molecule has 114 valence electrons. The minimum absolute atomic E-state index is 0.0637. The molecule has 21 heavy (non-hydrogen) atoms. The molecule has 0 aromatic heterocycles. The normalized spacial score (nSPS) is 20.6. The molecular formula is C13H15BrN2O4S. The number of methoxy groups -OCH3 is 1. The van der Waals surface area contributed by atoms with Crippen LogP contribution in [0.3, 0.4) is 0 Å². The molecule has 6 nitrogen and oxygen atoms in total. The fourth-order valence-corrected chi connectivity index (χ4v) is 4.18. The highest BCUT2D eigenvalue weighted by Gasteiger charge is 2.32. The molecule has 1 atom stereocenters. The van der Waals surface area contributed by atoms with Crippen LogP contribution in [0.25, 0.3) is 0 Å². The molecule has 1 aliphatic heterocycles. The van der Waals surface area contributed by atoms with E-state index >= 15 is 0 Å². The van der Waals surface area contributed by atoms with Gasteiger partial charge in [-0.15, -0.1) is 0 Å². The topological polar surface area (TPSA) is 84.8 Å². The van der Waals surface area contributed by atoms with Crippen LogP contribution >= 0.6 is 15.9 Å². The van der Waals surface area contributed by atoms with E-state index in [1.165, 1.54) is 6.21 Å². The van der Waals surface area contributed by atoms with Crippen LogP contribution in [0.5, 0.6) is 5.75 Å². The van der Waals surface area contributed by atoms with E-state index in [1.54, 1.807) is 19.2 Å². The monoisotopic (exact) mass is 374 g/mol. The van der Waals surface area contributed by atoms with Crippen molar-refractivity contribution in [1.82, 2.24) is 5.43 Å². The van der Waals surface area contributed by atoms with Crippen molar-refractivity contribution >= 4 is 37.9 Å². The van der Waals surface area contributed by atoms with Crippen LogP contribution in [-0.4, -0.2) is 39.2 Å². The molecule has 1 fully saturated rings. The number of hydrogen-bond donors (Lipinski definition) is 1. The second-order valence-electron chi connectivity index (χ2n) is 4.72. The van der Waals surface area contributed by atoms with Crippen molar-refractivity contribution in [2.75, 3.05) is 18.6 Å². The average molecular weight is 375 g/mol. The number of ether oxygens (including phenoxy) is 1. The number of hydrogen-bond acceptors (Lipinski definition) is 5. The molecule has 8 heteroatoms. The molecule has 1 heterocycles. The number of hydrazone groups is 1. The molecular weight excluding hydrogens is 360 g/mol. The fourth-order valence-electron chi connectivity index (χ4n) is 2.06. The molecule has 0 radical (unpaired) electrons. The highest BCUT2D eigenvalue weighted by Crippen LogP contribution is 2.21. The summed E-state index contributed by atoms with van der Waals surface area (Å²) in [5.41, 5.74) is 3.08. The maximum Gasteiger partial charge on any atom is 0.244 e. The Hall–Kier alpha value is -1.41. The molecule has 0 bridgehead atoms. The first kappa shape index (κ1) is 16.0. The first-order chi connectivity index (χ1) is 9.91. The Labute approximate surface area is 131 Å². The lowest BCUT2D eigenvalue weighted by atomic mass is 10.1. The van der Waals surface area contributed by atoms with Gasteiger partial charge in [0.1, 0.15) is 5.75 Å². The Balaban J connectivity index is 2.00. The summed E-state index contributed by atoms with van der Waals surface area (Å²) in [5, 5.41) is 3.86. The minimum Gasteiger partial charge on any atom is -0.496 e. The molecule has 2 rings (SSSR count). The third-order valence-corrected chi connectivity index (χ3v) is 5.43. The van der Waals surface area contributed by atoms with Gasteiger partial charge in [0.2, 0.25) is 5.91 Å². The third kappa shape index (κ3) is 4.28. The van der Waals surface area contributed by atoms with E-state index in [4.69, 9.17) is 4.74 Å². The van der Waals surface area contributed by atoms with Crippen molar-refractivity contribution in [3.05, 3.63) is 28.2 Å². The van der Waals surface area contributed by atoms with E-state index in [9.17, 15) is 13.2 Å². The maximum absolute atomic E-state index is 11.8. The van der Waals surface area contributed by atoms with Gasteiger partial charge in [0, 0.05) is 10.0 Å². The van der Waals surface area contributed by atoms with E-state index < -0.39 is 15.8 Å². The van der Waals surface area contributed by atoms with Gasteiger partial charge in [-0.25, -0.2) is 13.8 Å². The number of amides is 1. The first-order valence-corrected chi connectivity index (χ1v) is 8.89.